The lowest BCUT2D eigenvalue weighted by Crippen LogP contribution is -2.42. The van der Waals surface area contributed by atoms with Crippen molar-refractivity contribution >= 4 is 11.8 Å². The van der Waals surface area contributed by atoms with Crippen molar-refractivity contribution in [2.24, 2.45) is 0 Å². The zero-order valence-corrected chi connectivity index (χ0v) is 10.3. The number of aliphatic hydroxyl groups excluding tert-OH is 1. The number of rotatable bonds is 7. The van der Waals surface area contributed by atoms with Crippen molar-refractivity contribution < 1.29 is 14.7 Å². The standard InChI is InChI=1S/C11H22N2O3/c1-4-13(11(16)6-5-7-14)8-10(15)12-9(2)3/h9,14H,4-8H2,1-3H3,(H,12,15). The third-order valence-electron chi connectivity index (χ3n) is 2.07. The van der Waals surface area contributed by atoms with Gasteiger partial charge in [-0.1, -0.05) is 0 Å². The van der Waals surface area contributed by atoms with E-state index < -0.39 is 0 Å². The van der Waals surface area contributed by atoms with Crippen LogP contribution in [0.1, 0.15) is 33.6 Å². The first-order chi connectivity index (χ1) is 7.51. The van der Waals surface area contributed by atoms with Crippen LogP contribution in [0.5, 0.6) is 0 Å². The van der Waals surface area contributed by atoms with Crippen LogP contribution >= 0.6 is 0 Å². The van der Waals surface area contributed by atoms with Crippen molar-refractivity contribution in [3.8, 4) is 0 Å². The highest BCUT2D eigenvalue weighted by atomic mass is 16.3. The molecule has 0 aliphatic carbocycles. The van der Waals surface area contributed by atoms with Crippen molar-refractivity contribution in [2.75, 3.05) is 19.7 Å². The second-order valence-corrected chi connectivity index (χ2v) is 3.96. The summed E-state index contributed by atoms with van der Waals surface area (Å²) in [5, 5.41) is 11.4. The first kappa shape index (κ1) is 14.9. The van der Waals surface area contributed by atoms with Crippen molar-refractivity contribution in [2.45, 2.75) is 39.7 Å². The number of carbonyl (C=O) groups is 2. The zero-order valence-electron chi connectivity index (χ0n) is 10.3. The van der Waals surface area contributed by atoms with Gasteiger partial charge in [0.05, 0.1) is 6.54 Å². The van der Waals surface area contributed by atoms with E-state index in [1.165, 1.54) is 4.90 Å². The summed E-state index contributed by atoms with van der Waals surface area (Å²) in [4.78, 5) is 24.5. The highest BCUT2D eigenvalue weighted by molar-refractivity contribution is 5.84. The number of nitrogens with zero attached hydrogens (tertiary/aromatic N) is 1. The highest BCUT2D eigenvalue weighted by Gasteiger charge is 2.15. The zero-order chi connectivity index (χ0) is 12.6. The van der Waals surface area contributed by atoms with E-state index in [1.807, 2.05) is 20.8 Å². The Morgan fingerprint density at radius 3 is 2.44 bits per heavy atom. The molecule has 2 N–H and O–H groups in total. The molecule has 0 aliphatic heterocycles. The molecular weight excluding hydrogens is 208 g/mol. The van der Waals surface area contributed by atoms with Crippen LogP contribution in [0, 0.1) is 0 Å². The van der Waals surface area contributed by atoms with Gasteiger partial charge >= 0.3 is 0 Å². The Balaban J connectivity index is 4.08. The average molecular weight is 230 g/mol. The van der Waals surface area contributed by atoms with Crippen LogP contribution in [-0.4, -0.2) is 47.6 Å². The predicted octanol–water partition coefficient (Wildman–Crippen LogP) is 0.132. The molecule has 0 radical (unpaired) electrons. The maximum Gasteiger partial charge on any atom is 0.239 e. The highest BCUT2D eigenvalue weighted by Crippen LogP contribution is 1.97. The summed E-state index contributed by atoms with van der Waals surface area (Å²) in [5.41, 5.74) is 0. The van der Waals surface area contributed by atoms with Crippen molar-refractivity contribution in [1.29, 1.82) is 0 Å². The molecule has 0 aromatic heterocycles. The molecular formula is C11H22N2O3. The number of nitrogens with one attached hydrogen (secondary N) is 1. The number of aliphatic hydroxyl groups is 1. The van der Waals surface area contributed by atoms with Crippen molar-refractivity contribution in [3.05, 3.63) is 0 Å². The molecule has 0 saturated heterocycles. The number of carbonyl (C=O) groups excluding carboxylic acids is 2. The van der Waals surface area contributed by atoms with Crippen LogP contribution in [0.25, 0.3) is 0 Å². The van der Waals surface area contributed by atoms with Gasteiger partial charge in [-0.15, -0.1) is 0 Å². The third kappa shape index (κ3) is 6.40. The molecule has 16 heavy (non-hydrogen) atoms. The van der Waals surface area contributed by atoms with Gasteiger partial charge in [0, 0.05) is 25.6 Å². The minimum atomic E-state index is -0.144. The van der Waals surface area contributed by atoms with Crippen LogP contribution in [0.15, 0.2) is 0 Å². The van der Waals surface area contributed by atoms with Crippen LogP contribution in [-0.2, 0) is 9.59 Å². The Kier molecular flexibility index (Phi) is 7.54. The topological polar surface area (TPSA) is 69.6 Å². The largest absolute Gasteiger partial charge is 0.396 e. The molecule has 0 rings (SSSR count). The second kappa shape index (κ2) is 8.10. The molecule has 0 spiro atoms. The molecule has 0 fully saturated rings. The average Bonchev–Trinajstić information content (AvgIpc) is 2.21. The summed E-state index contributed by atoms with van der Waals surface area (Å²) in [6, 6.07) is 0.0822. The van der Waals surface area contributed by atoms with E-state index in [0.29, 0.717) is 19.4 Å². The first-order valence-corrected chi connectivity index (χ1v) is 5.69. The minimum Gasteiger partial charge on any atom is -0.396 e. The third-order valence-corrected chi connectivity index (χ3v) is 2.07. The fraction of sp³-hybridized carbons (Fsp3) is 0.818. The molecule has 0 aromatic rings. The Labute approximate surface area is 96.8 Å². The number of hydrogen-bond acceptors (Lipinski definition) is 3. The van der Waals surface area contributed by atoms with E-state index in [-0.39, 0.29) is 31.0 Å². The maximum atomic E-state index is 11.6. The normalized spacial score (nSPS) is 10.3. The lowest BCUT2D eigenvalue weighted by atomic mass is 10.2. The summed E-state index contributed by atoms with van der Waals surface area (Å²) in [6.07, 6.45) is 0.737. The summed E-state index contributed by atoms with van der Waals surface area (Å²) in [5.74, 6) is -0.232. The van der Waals surface area contributed by atoms with E-state index in [4.69, 9.17) is 5.11 Å². The van der Waals surface area contributed by atoms with E-state index in [2.05, 4.69) is 5.32 Å². The van der Waals surface area contributed by atoms with Gasteiger partial charge in [-0.2, -0.15) is 0 Å². The molecule has 5 heteroatoms. The van der Waals surface area contributed by atoms with E-state index in [9.17, 15) is 9.59 Å². The van der Waals surface area contributed by atoms with Gasteiger partial charge < -0.3 is 15.3 Å². The fourth-order valence-corrected chi connectivity index (χ4v) is 1.31. The Morgan fingerprint density at radius 1 is 1.38 bits per heavy atom. The summed E-state index contributed by atoms with van der Waals surface area (Å²) >= 11 is 0. The Morgan fingerprint density at radius 2 is 2.00 bits per heavy atom. The van der Waals surface area contributed by atoms with Gasteiger partial charge in [-0.05, 0) is 27.2 Å². The van der Waals surface area contributed by atoms with Crippen LogP contribution in [0.3, 0.4) is 0 Å². The monoisotopic (exact) mass is 230 g/mol. The maximum absolute atomic E-state index is 11.6. The molecule has 0 aliphatic rings. The molecule has 0 saturated carbocycles. The predicted molar refractivity (Wildman–Crippen MR) is 61.9 cm³/mol. The van der Waals surface area contributed by atoms with E-state index >= 15 is 0 Å². The summed E-state index contributed by atoms with van der Waals surface area (Å²) in [7, 11) is 0. The Hall–Kier alpha value is -1.10. The summed E-state index contributed by atoms with van der Waals surface area (Å²) < 4.78 is 0. The Bertz CT molecular complexity index is 229. The molecule has 2 amide bonds. The van der Waals surface area contributed by atoms with Crippen LogP contribution in [0.4, 0.5) is 0 Å². The van der Waals surface area contributed by atoms with E-state index in [0.717, 1.165) is 0 Å². The lowest BCUT2D eigenvalue weighted by Gasteiger charge is -2.21. The van der Waals surface area contributed by atoms with Crippen molar-refractivity contribution in [3.63, 3.8) is 0 Å². The lowest BCUT2D eigenvalue weighted by molar-refractivity contribution is -0.136. The van der Waals surface area contributed by atoms with Gasteiger partial charge in [-0.3, -0.25) is 9.59 Å². The van der Waals surface area contributed by atoms with Crippen LogP contribution < -0.4 is 5.32 Å². The van der Waals surface area contributed by atoms with Gasteiger partial charge in [0.1, 0.15) is 0 Å². The summed E-state index contributed by atoms with van der Waals surface area (Å²) in [6.45, 7) is 6.19. The van der Waals surface area contributed by atoms with Gasteiger partial charge in [0.2, 0.25) is 11.8 Å². The number of amides is 2. The minimum absolute atomic E-state index is 0.00147. The molecule has 0 bridgehead atoms. The fourth-order valence-electron chi connectivity index (χ4n) is 1.31. The van der Waals surface area contributed by atoms with Crippen LogP contribution in [0.2, 0.25) is 0 Å². The molecule has 0 heterocycles. The first-order valence-electron chi connectivity index (χ1n) is 5.69. The molecule has 5 nitrogen and oxygen atoms in total. The number of likely N-dealkylation sites (N-methyl/N-ethyl adjacent to an activating group) is 1. The van der Waals surface area contributed by atoms with Gasteiger partial charge in [0.25, 0.3) is 0 Å². The van der Waals surface area contributed by atoms with Gasteiger partial charge in [-0.25, -0.2) is 0 Å². The van der Waals surface area contributed by atoms with E-state index in [1.54, 1.807) is 0 Å². The van der Waals surface area contributed by atoms with Gasteiger partial charge in [0.15, 0.2) is 0 Å². The number of hydrogen-bond donors (Lipinski definition) is 2. The smallest absolute Gasteiger partial charge is 0.239 e. The van der Waals surface area contributed by atoms with Crippen molar-refractivity contribution in [1.82, 2.24) is 10.2 Å². The second-order valence-electron chi connectivity index (χ2n) is 3.96. The molecule has 0 atom stereocenters. The SMILES string of the molecule is CCN(CC(=O)NC(C)C)C(=O)CCCO. The molecule has 0 aromatic carbocycles. The molecule has 0 unspecified atom stereocenters. The quantitative estimate of drug-likeness (QED) is 0.653. The molecule has 94 valence electrons.